The largest absolute Gasteiger partial charge is 0.437 e. The maximum Gasteiger partial charge on any atom is 0.227 e. The van der Waals surface area contributed by atoms with Crippen LogP contribution < -0.4 is 9.64 Å². The van der Waals surface area contributed by atoms with Crippen LogP contribution in [0.2, 0.25) is 0 Å². The number of hydrogen-bond acceptors (Lipinski definition) is 6. The number of ether oxygens (including phenoxy) is 1. The molecule has 0 unspecified atom stereocenters. The Morgan fingerprint density at radius 1 is 1.24 bits per heavy atom. The second-order valence-corrected chi connectivity index (χ2v) is 7.36. The monoisotopic (exact) mass is 340 g/mol. The highest BCUT2D eigenvalue weighted by Crippen LogP contribution is 2.48. The summed E-state index contributed by atoms with van der Waals surface area (Å²) in [4.78, 5) is 15.2. The molecule has 1 saturated heterocycles. The van der Waals surface area contributed by atoms with E-state index in [2.05, 4.69) is 26.8 Å². The molecule has 132 valence electrons. The Morgan fingerprint density at radius 2 is 2.04 bits per heavy atom. The summed E-state index contributed by atoms with van der Waals surface area (Å²) in [5.41, 5.74) is 1.11. The lowest BCUT2D eigenvalue weighted by molar-refractivity contribution is 0.00281. The second kappa shape index (κ2) is 5.95. The van der Waals surface area contributed by atoms with E-state index in [1.807, 2.05) is 26.0 Å². The molecule has 6 heteroatoms. The number of pyridine rings is 1. The molecule has 2 aromatic heterocycles. The average molecular weight is 340 g/mol. The van der Waals surface area contributed by atoms with Gasteiger partial charge in [-0.05, 0) is 44.7 Å². The zero-order valence-electron chi connectivity index (χ0n) is 14.9. The summed E-state index contributed by atoms with van der Waals surface area (Å²) < 4.78 is 5.98. The van der Waals surface area contributed by atoms with Crippen molar-refractivity contribution in [2.75, 3.05) is 18.0 Å². The van der Waals surface area contributed by atoms with Gasteiger partial charge in [-0.15, -0.1) is 0 Å². The van der Waals surface area contributed by atoms with E-state index in [0.717, 1.165) is 36.5 Å². The molecule has 0 amide bonds. The lowest BCUT2D eigenvalue weighted by atomic mass is 9.88. The molecule has 6 nitrogen and oxygen atoms in total. The standard InChI is InChI=1S/C19H24N4O2/c1-12-9-23(10-19(12,24)15-6-7-15)17-13(2)18(22-11-21-17)25-16-5-4-8-20-14(16)3/h4-5,8,11-12,15,24H,6-7,9-10H2,1-3H3/t12-,19+/m1/s1. The molecule has 0 aromatic carbocycles. The maximum atomic E-state index is 11.0. The van der Waals surface area contributed by atoms with Crippen molar-refractivity contribution in [2.45, 2.75) is 39.2 Å². The van der Waals surface area contributed by atoms with Gasteiger partial charge in [0, 0.05) is 25.2 Å². The Balaban J connectivity index is 1.61. The molecule has 2 fully saturated rings. The predicted octanol–water partition coefficient (Wildman–Crippen LogP) is 2.88. The molecule has 0 bridgehead atoms. The molecule has 1 saturated carbocycles. The van der Waals surface area contributed by atoms with E-state index in [9.17, 15) is 5.11 Å². The number of hydrogen-bond donors (Lipinski definition) is 1. The van der Waals surface area contributed by atoms with Crippen LogP contribution in [0.25, 0.3) is 0 Å². The number of aromatic nitrogens is 3. The molecule has 4 rings (SSSR count). The number of rotatable bonds is 4. The average Bonchev–Trinajstić information content (AvgIpc) is 3.39. The van der Waals surface area contributed by atoms with Crippen LogP contribution in [0.4, 0.5) is 5.82 Å². The molecule has 1 N–H and O–H groups in total. The van der Waals surface area contributed by atoms with Gasteiger partial charge in [0.1, 0.15) is 12.1 Å². The summed E-state index contributed by atoms with van der Waals surface area (Å²) in [7, 11) is 0. The zero-order valence-corrected chi connectivity index (χ0v) is 14.9. The van der Waals surface area contributed by atoms with Gasteiger partial charge in [0.05, 0.1) is 16.9 Å². The summed E-state index contributed by atoms with van der Waals surface area (Å²) in [6.07, 6.45) is 5.53. The van der Waals surface area contributed by atoms with Gasteiger partial charge < -0.3 is 14.7 Å². The lowest BCUT2D eigenvalue weighted by Crippen LogP contribution is -2.39. The molecule has 1 aliphatic carbocycles. The summed E-state index contributed by atoms with van der Waals surface area (Å²) >= 11 is 0. The normalized spacial score (nSPS) is 26.1. The first-order valence-corrected chi connectivity index (χ1v) is 8.87. The summed E-state index contributed by atoms with van der Waals surface area (Å²) in [6, 6.07) is 3.73. The maximum absolute atomic E-state index is 11.0. The van der Waals surface area contributed by atoms with Gasteiger partial charge in [0.15, 0.2) is 5.75 Å². The van der Waals surface area contributed by atoms with Gasteiger partial charge in [0.25, 0.3) is 0 Å². The molecule has 1 aliphatic heterocycles. The van der Waals surface area contributed by atoms with Crippen molar-refractivity contribution in [1.82, 2.24) is 15.0 Å². The number of nitrogens with zero attached hydrogens (tertiary/aromatic N) is 4. The van der Waals surface area contributed by atoms with E-state index in [0.29, 0.717) is 24.1 Å². The van der Waals surface area contributed by atoms with E-state index < -0.39 is 5.60 Å². The Morgan fingerprint density at radius 3 is 2.76 bits per heavy atom. The van der Waals surface area contributed by atoms with Crippen LogP contribution in [0.5, 0.6) is 11.6 Å². The van der Waals surface area contributed by atoms with Crippen LogP contribution in [-0.2, 0) is 0 Å². The molecule has 25 heavy (non-hydrogen) atoms. The van der Waals surface area contributed by atoms with Gasteiger partial charge in [-0.1, -0.05) is 6.92 Å². The molecule has 3 heterocycles. The van der Waals surface area contributed by atoms with Gasteiger partial charge >= 0.3 is 0 Å². The van der Waals surface area contributed by atoms with Crippen LogP contribution in [0, 0.1) is 25.7 Å². The van der Waals surface area contributed by atoms with Crippen molar-refractivity contribution in [1.29, 1.82) is 0 Å². The van der Waals surface area contributed by atoms with Gasteiger partial charge in [-0.2, -0.15) is 0 Å². The summed E-state index contributed by atoms with van der Waals surface area (Å²) in [5.74, 6) is 2.74. The first-order chi connectivity index (χ1) is 12.0. The van der Waals surface area contributed by atoms with E-state index in [-0.39, 0.29) is 5.92 Å². The highest BCUT2D eigenvalue weighted by atomic mass is 16.5. The van der Waals surface area contributed by atoms with Gasteiger partial charge in [0.2, 0.25) is 5.88 Å². The highest BCUT2D eigenvalue weighted by molar-refractivity contribution is 5.53. The van der Waals surface area contributed by atoms with Crippen LogP contribution >= 0.6 is 0 Å². The predicted molar refractivity (Wildman–Crippen MR) is 94.9 cm³/mol. The third-order valence-corrected chi connectivity index (χ3v) is 5.55. The van der Waals surface area contributed by atoms with Gasteiger partial charge in [-0.25, -0.2) is 9.97 Å². The van der Waals surface area contributed by atoms with E-state index in [1.54, 1.807) is 6.20 Å². The highest BCUT2D eigenvalue weighted by Gasteiger charge is 2.52. The Hall–Kier alpha value is -2.21. The molecular formula is C19H24N4O2. The van der Waals surface area contributed by atoms with Crippen molar-refractivity contribution in [2.24, 2.45) is 11.8 Å². The van der Waals surface area contributed by atoms with Crippen LogP contribution in [0.3, 0.4) is 0 Å². The summed E-state index contributed by atoms with van der Waals surface area (Å²) in [5, 5.41) is 11.0. The third-order valence-electron chi connectivity index (χ3n) is 5.55. The first-order valence-electron chi connectivity index (χ1n) is 8.87. The summed E-state index contributed by atoms with van der Waals surface area (Å²) in [6.45, 7) is 7.43. The van der Waals surface area contributed by atoms with Crippen molar-refractivity contribution >= 4 is 5.82 Å². The van der Waals surface area contributed by atoms with Crippen molar-refractivity contribution < 1.29 is 9.84 Å². The third kappa shape index (κ3) is 2.84. The molecule has 2 atom stereocenters. The smallest absolute Gasteiger partial charge is 0.227 e. The van der Waals surface area contributed by atoms with Crippen molar-refractivity contribution in [3.63, 3.8) is 0 Å². The number of anilines is 1. The van der Waals surface area contributed by atoms with Crippen molar-refractivity contribution in [3.05, 3.63) is 35.9 Å². The minimum absolute atomic E-state index is 0.235. The van der Waals surface area contributed by atoms with E-state index >= 15 is 0 Å². The molecule has 2 aromatic rings. The minimum atomic E-state index is -0.599. The first kappa shape index (κ1) is 16.3. The number of β-amino-alcohol motifs (C(OH)–C–C–N with tert-alkyl or cyclic N) is 1. The Bertz CT molecular complexity index is 793. The Kier molecular flexibility index (Phi) is 3.87. The van der Waals surface area contributed by atoms with E-state index in [4.69, 9.17) is 4.74 Å². The number of aliphatic hydroxyl groups is 1. The SMILES string of the molecule is Cc1ncccc1Oc1ncnc(N2C[C@@H](C)[C@](O)(C3CC3)C2)c1C. The van der Waals surface area contributed by atoms with Crippen LogP contribution in [-0.4, -0.2) is 38.7 Å². The quantitative estimate of drug-likeness (QED) is 0.923. The molecule has 0 radical (unpaired) electrons. The molecular weight excluding hydrogens is 316 g/mol. The second-order valence-electron chi connectivity index (χ2n) is 7.36. The van der Waals surface area contributed by atoms with Gasteiger partial charge in [-0.3, -0.25) is 4.98 Å². The Labute approximate surface area is 147 Å². The molecule has 0 spiro atoms. The van der Waals surface area contributed by atoms with Crippen molar-refractivity contribution in [3.8, 4) is 11.6 Å². The van der Waals surface area contributed by atoms with Crippen LogP contribution in [0.1, 0.15) is 31.0 Å². The minimum Gasteiger partial charge on any atom is -0.437 e. The lowest BCUT2D eigenvalue weighted by Gasteiger charge is -2.27. The van der Waals surface area contributed by atoms with E-state index in [1.165, 1.54) is 6.33 Å². The zero-order chi connectivity index (χ0) is 17.6. The topological polar surface area (TPSA) is 71.4 Å². The van der Waals surface area contributed by atoms with Crippen LogP contribution in [0.15, 0.2) is 24.7 Å². The fourth-order valence-electron chi connectivity index (χ4n) is 3.82. The number of aryl methyl sites for hydroxylation is 1. The fourth-order valence-corrected chi connectivity index (χ4v) is 3.82. The fraction of sp³-hybridized carbons (Fsp3) is 0.526. The molecule has 2 aliphatic rings.